The monoisotopic (exact) mass is 317 g/mol. The van der Waals surface area contributed by atoms with Gasteiger partial charge in [0.2, 0.25) is 0 Å². The van der Waals surface area contributed by atoms with Crippen LogP contribution in [0, 0.1) is 8.48 Å². The number of aliphatic hydroxyl groups is 1. The number of hydrogen-bond donors (Lipinski definition) is 1. The smallest absolute Gasteiger partial charge is 0.192 e. The Hall–Kier alpha value is -1.24. The van der Waals surface area contributed by atoms with E-state index < -0.39 is 11.5 Å². The maximum Gasteiger partial charge on any atom is 0.192 e. The fourth-order valence-electron chi connectivity index (χ4n) is 1.05. The van der Waals surface area contributed by atoms with Crippen LogP contribution in [0.2, 0.25) is 0 Å². The van der Waals surface area contributed by atoms with Gasteiger partial charge in [-0.15, -0.1) is 4.91 Å². The highest BCUT2D eigenvalue weighted by Crippen LogP contribution is 2.19. The molecule has 0 unspecified atom stereocenters. The largest absolute Gasteiger partial charge is 0.505 e. The number of nitrogens with zero attached hydrogens (tertiary/aromatic N) is 1. The van der Waals surface area contributed by atoms with Gasteiger partial charge in [0.25, 0.3) is 0 Å². The van der Waals surface area contributed by atoms with E-state index in [1.54, 1.807) is 18.2 Å². The van der Waals surface area contributed by atoms with Crippen molar-refractivity contribution >= 4 is 34.1 Å². The molecule has 0 amide bonds. The summed E-state index contributed by atoms with van der Waals surface area (Å²) in [6, 6.07) is 6.81. The Morgan fingerprint density at radius 2 is 2.13 bits per heavy atom. The van der Waals surface area contributed by atoms with Crippen LogP contribution in [-0.2, 0) is 4.79 Å². The number of halogens is 1. The Bertz CT molecular complexity index is 440. The Balaban J connectivity index is 3.28. The van der Waals surface area contributed by atoms with Crippen molar-refractivity contribution in [1.29, 1.82) is 0 Å². The number of Topliss-reactive ketones (excluding diaryl/α,β-unsaturated/α-hetero) is 1. The third-order valence-electron chi connectivity index (χ3n) is 1.75. The molecule has 0 saturated heterocycles. The first-order chi connectivity index (χ1) is 7.06. The molecule has 1 aromatic rings. The lowest BCUT2D eigenvalue weighted by molar-refractivity contribution is -0.113. The van der Waals surface area contributed by atoms with E-state index in [-0.39, 0.29) is 5.76 Å². The first kappa shape index (κ1) is 11.8. The van der Waals surface area contributed by atoms with E-state index in [0.29, 0.717) is 5.56 Å². The zero-order valence-electron chi connectivity index (χ0n) is 7.90. The van der Waals surface area contributed by atoms with Crippen molar-refractivity contribution in [2.45, 2.75) is 6.92 Å². The quantitative estimate of drug-likeness (QED) is 0.403. The molecule has 0 bridgehead atoms. The van der Waals surface area contributed by atoms with Crippen LogP contribution in [0.4, 0.5) is 0 Å². The molecule has 0 aromatic heterocycles. The number of benzene rings is 1. The highest BCUT2D eigenvalue weighted by molar-refractivity contribution is 14.1. The number of hydrogen-bond acceptors (Lipinski definition) is 4. The summed E-state index contributed by atoms with van der Waals surface area (Å²) in [6.45, 7) is 1.18. The molecule has 0 aliphatic rings. The van der Waals surface area contributed by atoms with Crippen molar-refractivity contribution in [2.24, 2.45) is 5.18 Å². The molecule has 0 fully saturated rings. The van der Waals surface area contributed by atoms with Crippen LogP contribution >= 0.6 is 22.6 Å². The number of ketones is 1. The summed E-state index contributed by atoms with van der Waals surface area (Å²) in [4.78, 5) is 21.3. The van der Waals surface area contributed by atoms with E-state index in [0.717, 1.165) is 3.57 Å². The minimum atomic E-state index is -0.554. The standard InChI is InChI=1S/C10H8INO3/c1-6(13)9(12-15)10(14)7-3-2-4-8(11)5-7/h2-5,14H,1H3. The number of nitroso groups, excluding NO2 is 1. The molecule has 0 saturated carbocycles. The summed E-state index contributed by atoms with van der Waals surface area (Å²) >= 11 is 2.06. The molecule has 78 valence electrons. The zero-order valence-corrected chi connectivity index (χ0v) is 10.1. The fourth-order valence-corrected chi connectivity index (χ4v) is 1.59. The highest BCUT2D eigenvalue weighted by atomic mass is 127. The average molecular weight is 317 g/mol. The van der Waals surface area contributed by atoms with E-state index in [2.05, 4.69) is 27.8 Å². The third kappa shape index (κ3) is 2.85. The van der Waals surface area contributed by atoms with Gasteiger partial charge in [-0.05, 0) is 39.9 Å². The van der Waals surface area contributed by atoms with Crippen molar-refractivity contribution in [1.82, 2.24) is 0 Å². The SMILES string of the molecule is CC(=O)C(N=O)=C(O)c1cccc(I)c1. The van der Waals surface area contributed by atoms with E-state index in [1.807, 2.05) is 6.07 Å². The third-order valence-corrected chi connectivity index (χ3v) is 2.42. The number of carbonyl (C=O) groups is 1. The van der Waals surface area contributed by atoms with Gasteiger partial charge >= 0.3 is 0 Å². The van der Waals surface area contributed by atoms with Gasteiger partial charge in [0, 0.05) is 16.1 Å². The lowest BCUT2D eigenvalue weighted by Crippen LogP contribution is -1.98. The molecule has 5 heteroatoms. The molecule has 0 spiro atoms. The summed E-state index contributed by atoms with van der Waals surface area (Å²) in [5, 5.41) is 12.2. The van der Waals surface area contributed by atoms with Gasteiger partial charge in [-0.2, -0.15) is 0 Å². The predicted molar refractivity (Wildman–Crippen MR) is 65.2 cm³/mol. The van der Waals surface area contributed by atoms with Crippen molar-refractivity contribution in [3.8, 4) is 0 Å². The van der Waals surface area contributed by atoms with Gasteiger partial charge in [0.15, 0.2) is 17.2 Å². The van der Waals surface area contributed by atoms with Crippen LogP contribution in [0.25, 0.3) is 5.76 Å². The summed E-state index contributed by atoms with van der Waals surface area (Å²) < 4.78 is 0.894. The molecule has 0 heterocycles. The van der Waals surface area contributed by atoms with E-state index >= 15 is 0 Å². The van der Waals surface area contributed by atoms with Crippen LogP contribution in [-0.4, -0.2) is 10.9 Å². The van der Waals surface area contributed by atoms with Gasteiger partial charge in [0.05, 0.1) is 0 Å². The van der Waals surface area contributed by atoms with Gasteiger partial charge < -0.3 is 5.11 Å². The van der Waals surface area contributed by atoms with Gasteiger partial charge in [0.1, 0.15) is 0 Å². The Labute approximate surface area is 100 Å². The molecule has 4 nitrogen and oxygen atoms in total. The first-order valence-electron chi connectivity index (χ1n) is 4.09. The summed E-state index contributed by atoms with van der Waals surface area (Å²) in [5.74, 6) is -0.933. The Morgan fingerprint density at radius 3 is 2.60 bits per heavy atom. The molecule has 0 radical (unpaired) electrons. The van der Waals surface area contributed by atoms with E-state index in [1.165, 1.54) is 6.92 Å². The molecule has 1 N–H and O–H groups in total. The predicted octanol–water partition coefficient (Wildman–Crippen LogP) is 2.87. The second-order valence-corrected chi connectivity index (χ2v) is 4.10. The number of rotatable bonds is 3. The van der Waals surface area contributed by atoms with Crippen LogP contribution in [0.5, 0.6) is 0 Å². The van der Waals surface area contributed by atoms with Crippen LogP contribution < -0.4 is 0 Å². The second-order valence-electron chi connectivity index (χ2n) is 2.86. The summed E-state index contributed by atoms with van der Waals surface area (Å²) in [7, 11) is 0. The van der Waals surface area contributed by atoms with Gasteiger partial charge in [-0.3, -0.25) is 4.79 Å². The Morgan fingerprint density at radius 1 is 1.47 bits per heavy atom. The minimum Gasteiger partial charge on any atom is -0.505 e. The number of carbonyl (C=O) groups excluding carboxylic acids is 1. The van der Waals surface area contributed by atoms with Crippen molar-refractivity contribution in [2.75, 3.05) is 0 Å². The lowest BCUT2D eigenvalue weighted by Gasteiger charge is -2.02. The molecule has 0 aliphatic carbocycles. The topological polar surface area (TPSA) is 66.7 Å². The van der Waals surface area contributed by atoms with E-state index in [9.17, 15) is 14.8 Å². The molecule has 0 aliphatic heterocycles. The molecular formula is C10H8INO3. The minimum absolute atomic E-state index is 0.379. The maximum absolute atomic E-state index is 11.0. The van der Waals surface area contributed by atoms with Crippen molar-refractivity contribution in [3.05, 3.63) is 44.0 Å². The van der Waals surface area contributed by atoms with Gasteiger partial charge in [-0.25, -0.2) is 0 Å². The average Bonchev–Trinajstić information content (AvgIpc) is 2.18. The summed E-state index contributed by atoms with van der Waals surface area (Å²) in [5.41, 5.74) is -0.0382. The fraction of sp³-hybridized carbons (Fsp3) is 0.100. The molecular weight excluding hydrogens is 309 g/mol. The van der Waals surface area contributed by atoms with Crippen molar-refractivity contribution < 1.29 is 9.90 Å². The number of aliphatic hydroxyl groups excluding tert-OH is 1. The molecule has 1 rings (SSSR count). The summed E-state index contributed by atoms with van der Waals surface area (Å²) in [6.07, 6.45) is 0. The van der Waals surface area contributed by atoms with Crippen LogP contribution in [0.1, 0.15) is 12.5 Å². The zero-order chi connectivity index (χ0) is 11.4. The second kappa shape index (κ2) is 5.01. The highest BCUT2D eigenvalue weighted by Gasteiger charge is 2.13. The van der Waals surface area contributed by atoms with Crippen LogP contribution in [0.15, 0.2) is 35.1 Å². The number of allylic oxidation sites excluding steroid dienone is 1. The Kier molecular flexibility index (Phi) is 3.96. The molecule has 15 heavy (non-hydrogen) atoms. The maximum atomic E-state index is 11.0. The molecule has 1 aromatic carbocycles. The van der Waals surface area contributed by atoms with Crippen molar-refractivity contribution in [3.63, 3.8) is 0 Å². The lowest BCUT2D eigenvalue weighted by atomic mass is 10.1. The van der Waals surface area contributed by atoms with Gasteiger partial charge in [-0.1, -0.05) is 12.1 Å². The van der Waals surface area contributed by atoms with Crippen LogP contribution in [0.3, 0.4) is 0 Å². The normalized spacial score (nSPS) is 11.9. The molecule has 0 atom stereocenters. The van der Waals surface area contributed by atoms with E-state index in [4.69, 9.17) is 0 Å². The first-order valence-corrected chi connectivity index (χ1v) is 5.17.